The van der Waals surface area contributed by atoms with E-state index in [1.807, 2.05) is 6.08 Å². The van der Waals surface area contributed by atoms with Gasteiger partial charge in [0.15, 0.2) is 0 Å². The fourth-order valence-electron chi connectivity index (χ4n) is 5.13. The highest BCUT2D eigenvalue weighted by atomic mass is 15.2. The Hall–Kier alpha value is -2.34. The molecule has 0 radical (unpaired) electrons. The number of pyridine rings is 1. The highest BCUT2D eigenvalue weighted by Gasteiger charge is 2.25. The van der Waals surface area contributed by atoms with Gasteiger partial charge >= 0.3 is 0 Å². The third kappa shape index (κ3) is 5.52. The summed E-state index contributed by atoms with van der Waals surface area (Å²) in [5.41, 5.74) is 6.21. The van der Waals surface area contributed by atoms with E-state index >= 15 is 0 Å². The molecule has 176 valence electrons. The molecular formula is C26H42N6. The number of piperidine rings is 1. The summed E-state index contributed by atoms with van der Waals surface area (Å²) in [4.78, 5) is 16.8. The summed E-state index contributed by atoms with van der Waals surface area (Å²) in [6, 6.07) is 2.22. The summed E-state index contributed by atoms with van der Waals surface area (Å²) in [5, 5.41) is 3.42. The molecule has 6 nitrogen and oxygen atoms in total. The van der Waals surface area contributed by atoms with Gasteiger partial charge in [-0.15, -0.1) is 0 Å². The summed E-state index contributed by atoms with van der Waals surface area (Å²) in [6.07, 6.45) is 5.36. The average molecular weight is 439 g/mol. The first kappa shape index (κ1) is 24.3. The van der Waals surface area contributed by atoms with Crippen LogP contribution in [0.5, 0.6) is 0 Å². The molecule has 0 saturated carbocycles. The van der Waals surface area contributed by atoms with Crippen molar-refractivity contribution in [1.29, 1.82) is 0 Å². The SMILES string of the molecule is C=Cc1c(N2CCC(/C(CC)=C(\C)N=C(C)N3CCNCC3)CC2)cc(C)nc1N(C)C. The average Bonchev–Trinajstić information content (AvgIpc) is 2.80. The molecule has 32 heavy (non-hydrogen) atoms. The molecule has 1 aromatic heterocycles. The third-order valence-corrected chi connectivity index (χ3v) is 6.85. The Morgan fingerprint density at radius 1 is 1.22 bits per heavy atom. The Balaban J connectivity index is 1.75. The zero-order valence-corrected chi connectivity index (χ0v) is 21.0. The van der Waals surface area contributed by atoms with Crippen LogP contribution in [0.4, 0.5) is 11.5 Å². The lowest BCUT2D eigenvalue weighted by molar-refractivity contribution is 0.355. The lowest BCUT2D eigenvalue weighted by Gasteiger charge is -2.36. The molecular weight excluding hydrogens is 396 g/mol. The van der Waals surface area contributed by atoms with E-state index < -0.39 is 0 Å². The minimum Gasteiger partial charge on any atom is -0.371 e. The smallest absolute Gasteiger partial charge is 0.137 e. The topological polar surface area (TPSA) is 47.0 Å². The van der Waals surface area contributed by atoms with Crippen LogP contribution in [0.1, 0.15) is 51.3 Å². The molecule has 1 N–H and O–H groups in total. The normalized spacial score (nSPS) is 19.1. The van der Waals surface area contributed by atoms with Crippen LogP contribution in [0.25, 0.3) is 6.08 Å². The first-order valence-corrected chi connectivity index (χ1v) is 12.1. The fraction of sp³-hybridized carbons (Fsp3) is 0.615. The van der Waals surface area contributed by atoms with Gasteiger partial charge in [0, 0.05) is 76.0 Å². The summed E-state index contributed by atoms with van der Waals surface area (Å²) >= 11 is 0. The van der Waals surface area contributed by atoms with Crippen LogP contribution >= 0.6 is 0 Å². The first-order valence-electron chi connectivity index (χ1n) is 12.1. The van der Waals surface area contributed by atoms with Gasteiger partial charge in [0.1, 0.15) is 11.7 Å². The number of aromatic nitrogens is 1. The summed E-state index contributed by atoms with van der Waals surface area (Å²) < 4.78 is 0. The van der Waals surface area contributed by atoms with Crippen molar-refractivity contribution in [3.63, 3.8) is 0 Å². The van der Waals surface area contributed by atoms with E-state index in [1.54, 1.807) is 0 Å². The van der Waals surface area contributed by atoms with Gasteiger partial charge in [0.25, 0.3) is 0 Å². The number of aryl methyl sites for hydroxylation is 1. The predicted molar refractivity (Wildman–Crippen MR) is 139 cm³/mol. The second-order valence-corrected chi connectivity index (χ2v) is 9.24. The standard InChI is InChI=1S/C26H42N6/c1-8-23(20(4)29-21(5)31-16-12-27-13-17-31)22-10-14-32(15-11-22)25-18-19(3)28-26(30(6)7)24(25)9-2/h9,18,22,27H,2,8,10-17H2,1,3-7H3/b23-20+,29-21?. The van der Waals surface area contributed by atoms with E-state index in [0.29, 0.717) is 5.92 Å². The molecule has 2 aliphatic rings. The van der Waals surface area contributed by atoms with Crippen LogP contribution in [0.3, 0.4) is 0 Å². The van der Waals surface area contributed by atoms with Crippen LogP contribution < -0.4 is 15.1 Å². The Kier molecular flexibility index (Phi) is 8.35. The van der Waals surface area contributed by atoms with E-state index in [4.69, 9.17) is 9.98 Å². The maximum Gasteiger partial charge on any atom is 0.137 e. The number of rotatable bonds is 6. The Labute approximate surface area is 195 Å². The van der Waals surface area contributed by atoms with Crippen LogP contribution in [-0.2, 0) is 0 Å². The molecule has 0 spiro atoms. The molecule has 0 aliphatic carbocycles. The lowest BCUT2D eigenvalue weighted by Crippen LogP contribution is -2.45. The second-order valence-electron chi connectivity index (χ2n) is 9.24. The zero-order valence-electron chi connectivity index (χ0n) is 21.0. The van der Waals surface area contributed by atoms with Crippen LogP contribution in [0, 0.1) is 12.8 Å². The van der Waals surface area contributed by atoms with E-state index in [-0.39, 0.29) is 0 Å². The molecule has 2 fully saturated rings. The Morgan fingerprint density at radius 3 is 2.44 bits per heavy atom. The molecule has 0 bridgehead atoms. The van der Waals surface area contributed by atoms with Crippen molar-refractivity contribution in [2.75, 3.05) is 63.2 Å². The fourth-order valence-corrected chi connectivity index (χ4v) is 5.13. The minimum atomic E-state index is 0.610. The minimum absolute atomic E-state index is 0.610. The van der Waals surface area contributed by atoms with Gasteiger partial charge in [0.2, 0.25) is 0 Å². The lowest BCUT2D eigenvalue weighted by atomic mass is 9.86. The predicted octanol–water partition coefficient (Wildman–Crippen LogP) is 4.32. The van der Waals surface area contributed by atoms with E-state index in [0.717, 1.165) is 81.4 Å². The van der Waals surface area contributed by atoms with Crippen LogP contribution in [-0.4, -0.2) is 69.1 Å². The number of hydrogen-bond acceptors (Lipinski definition) is 5. The highest BCUT2D eigenvalue weighted by molar-refractivity contribution is 5.81. The molecule has 1 aromatic rings. The number of piperazine rings is 1. The second kappa shape index (κ2) is 11.0. The largest absolute Gasteiger partial charge is 0.371 e. The van der Waals surface area contributed by atoms with Gasteiger partial charge < -0.3 is 20.0 Å². The first-order chi connectivity index (χ1) is 15.3. The number of amidine groups is 1. The third-order valence-electron chi connectivity index (χ3n) is 6.85. The number of aliphatic imine (C=N–C) groups is 1. The number of allylic oxidation sites excluding steroid dienone is 2. The quantitative estimate of drug-likeness (QED) is 0.529. The molecule has 6 heteroatoms. The molecule has 3 heterocycles. The van der Waals surface area contributed by atoms with Gasteiger partial charge in [-0.1, -0.05) is 19.6 Å². The zero-order chi connectivity index (χ0) is 23.3. The van der Waals surface area contributed by atoms with Gasteiger partial charge in [-0.3, -0.25) is 0 Å². The maximum absolute atomic E-state index is 5.05. The number of anilines is 2. The van der Waals surface area contributed by atoms with Crippen molar-refractivity contribution in [2.45, 2.75) is 47.0 Å². The molecule has 2 saturated heterocycles. The summed E-state index contributed by atoms with van der Waals surface area (Å²) in [7, 11) is 4.10. The summed E-state index contributed by atoms with van der Waals surface area (Å²) in [6.45, 7) is 19.1. The van der Waals surface area contributed by atoms with Gasteiger partial charge in [-0.25, -0.2) is 9.98 Å². The van der Waals surface area contributed by atoms with Gasteiger partial charge in [0.05, 0.1) is 0 Å². The monoisotopic (exact) mass is 438 g/mol. The molecule has 0 atom stereocenters. The van der Waals surface area contributed by atoms with Gasteiger partial charge in [-0.05, 0) is 57.6 Å². The van der Waals surface area contributed by atoms with Crippen molar-refractivity contribution < 1.29 is 0 Å². The number of nitrogens with one attached hydrogen (secondary N) is 1. The summed E-state index contributed by atoms with van der Waals surface area (Å²) in [5.74, 6) is 2.77. The van der Waals surface area contributed by atoms with Crippen molar-refractivity contribution in [3.05, 3.63) is 35.2 Å². The molecule has 2 aliphatic heterocycles. The molecule has 0 amide bonds. The van der Waals surface area contributed by atoms with E-state index in [9.17, 15) is 0 Å². The number of hydrogen-bond donors (Lipinski definition) is 1. The molecule has 3 rings (SSSR count). The molecule has 0 aromatic carbocycles. The van der Waals surface area contributed by atoms with Crippen molar-refractivity contribution >= 4 is 23.4 Å². The van der Waals surface area contributed by atoms with Crippen LogP contribution in [0.2, 0.25) is 0 Å². The number of nitrogens with zero attached hydrogens (tertiary/aromatic N) is 5. The van der Waals surface area contributed by atoms with Gasteiger partial charge in [-0.2, -0.15) is 0 Å². The van der Waals surface area contributed by atoms with Crippen molar-refractivity contribution in [3.8, 4) is 0 Å². The van der Waals surface area contributed by atoms with Crippen molar-refractivity contribution in [2.24, 2.45) is 10.9 Å². The molecule has 0 unspecified atom stereocenters. The van der Waals surface area contributed by atoms with E-state index in [2.05, 4.69) is 74.5 Å². The Bertz CT molecular complexity index is 855. The Morgan fingerprint density at radius 2 is 1.88 bits per heavy atom. The maximum atomic E-state index is 5.05. The van der Waals surface area contributed by atoms with Crippen molar-refractivity contribution in [1.82, 2.24) is 15.2 Å². The van der Waals surface area contributed by atoms with E-state index in [1.165, 1.54) is 17.0 Å². The van der Waals surface area contributed by atoms with Crippen LogP contribution in [0.15, 0.2) is 28.9 Å². The highest BCUT2D eigenvalue weighted by Crippen LogP contribution is 2.35.